The van der Waals surface area contributed by atoms with Crippen LogP contribution in [0.3, 0.4) is 0 Å². The number of thioether (sulfide) groups is 1. The van der Waals surface area contributed by atoms with Gasteiger partial charge < -0.3 is 18.9 Å². The minimum absolute atomic E-state index is 0.0742. The minimum atomic E-state index is -1.15. The second kappa shape index (κ2) is 13.1. The molecule has 5 rings (SSSR count). The molecule has 0 bridgehead atoms. The summed E-state index contributed by atoms with van der Waals surface area (Å²) < 4.78 is 23.8. The van der Waals surface area contributed by atoms with Crippen molar-refractivity contribution in [2.45, 2.75) is 28.6 Å². The van der Waals surface area contributed by atoms with Crippen molar-refractivity contribution in [3.63, 3.8) is 0 Å². The Kier molecular flexibility index (Phi) is 8.90. The second-order valence-electron chi connectivity index (χ2n) is 8.91. The van der Waals surface area contributed by atoms with Gasteiger partial charge in [-0.05, 0) is 48.5 Å². The molecule has 8 heteroatoms. The Morgan fingerprint density at radius 2 is 0.950 bits per heavy atom. The number of benzene rings is 4. The molecular weight excluding hydrogens is 528 g/mol. The number of hydrogen-bond donors (Lipinski definition) is 0. The number of carbonyl (C=O) groups excluding carboxylic acids is 3. The predicted molar refractivity (Wildman–Crippen MR) is 149 cm³/mol. The molecule has 1 aliphatic heterocycles. The molecule has 0 spiro atoms. The third-order valence-electron chi connectivity index (χ3n) is 6.15. The smallest absolute Gasteiger partial charge is 0.338 e. The van der Waals surface area contributed by atoms with E-state index in [9.17, 15) is 14.4 Å². The molecular formula is C32H26O7S. The zero-order chi connectivity index (χ0) is 27.7. The summed E-state index contributed by atoms with van der Waals surface area (Å²) in [4.78, 5) is 40.3. The van der Waals surface area contributed by atoms with Crippen LogP contribution in [0, 0.1) is 0 Å². The summed E-state index contributed by atoms with van der Waals surface area (Å²) in [6.07, 6.45) is -3.29. The summed E-state index contributed by atoms with van der Waals surface area (Å²) >= 11 is 1.32. The molecule has 4 aromatic carbocycles. The standard InChI is InChI=1S/C32H26O7S/c33-29(22-13-5-1-6-14-22)37-26-21-36-32(40-25-19-11-4-12-20-25)28(39-31(35)24-17-9-3-10-18-24)27(26)38-30(34)23-15-7-2-8-16-23/h1-20,26-28,32H,21H2/t26-,27-,28?,32-/m0/s1. The first-order valence-electron chi connectivity index (χ1n) is 12.7. The van der Waals surface area contributed by atoms with Gasteiger partial charge in [-0.1, -0.05) is 84.6 Å². The van der Waals surface area contributed by atoms with Crippen LogP contribution >= 0.6 is 11.8 Å². The van der Waals surface area contributed by atoms with Crippen LogP contribution in [0.15, 0.2) is 126 Å². The minimum Gasteiger partial charge on any atom is -0.452 e. The van der Waals surface area contributed by atoms with Crippen molar-refractivity contribution in [3.8, 4) is 0 Å². The summed E-state index contributed by atoms with van der Waals surface area (Å²) in [5.41, 5.74) is 0.203. The van der Waals surface area contributed by atoms with Crippen molar-refractivity contribution < 1.29 is 33.3 Å². The normalized spacial score (nSPS) is 20.2. The molecule has 4 aromatic rings. The molecule has 0 radical (unpaired) electrons. The first kappa shape index (κ1) is 27.2. The lowest BCUT2D eigenvalue weighted by Gasteiger charge is -2.40. The van der Waals surface area contributed by atoms with Crippen LogP contribution in [-0.4, -0.2) is 48.3 Å². The van der Waals surface area contributed by atoms with E-state index in [-0.39, 0.29) is 6.61 Å². The van der Waals surface area contributed by atoms with E-state index in [4.69, 9.17) is 18.9 Å². The summed E-state index contributed by atoms with van der Waals surface area (Å²) in [5, 5.41) is 0. The van der Waals surface area contributed by atoms with E-state index in [1.165, 1.54) is 11.8 Å². The first-order valence-corrected chi connectivity index (χ1v) is 13.6. The van der Waals surface area contributed by atoms with Gasteiger partial charge in [-0.15, -0.1) is 0 Å². The van der Waals surface area contributed by atoms with Crippen molar-refractivity contribution in [1.82, 2.24) is 0 Å². The number of carbonyl (C=O) groups is 3. The highest BCUT2D eigenvalue weighted by Crippen LogP contribution is 2.35. The molecule has 4 atom stereocenters. The lowest BCUT2D eigenvalue weighted by molar-refractivity contribution is -0.167. The maximum Gasteiger partial charge on any atom is 0.338 e. The van der Waals surface area contributed by atoms with Gasteiger partial charge in [-0.3, -0.25) is 0 Å². The second-order valence-corrected chi connectivity index (χ2v) is 10.1. The van der Waals surface area contributed by atoms with Crippen LogP contribution in [0.5, 0.6) is 0 Å². The van der Waals surface area contributed by atoms with Crippen molar-refractivity contribution in [2.75, 3.05) is 6.61 Å². The first-order chi connectivity index (χ1) is 19.6. The average Bonchev–Trinajstić information content (AvgIpc) is 3.01. The highest BCUT2D eigenvalue weighted by molar-refractivity contribution is 7.99. The van der Waals surface area contributed by atoms with Crippen LogP contribution in [0.25, 0.3) is 0 Å². The van der Waals surface area contributed by atoms with Gasteiger partial charge in [-0.2, -0.15) is 0 Å². The Hall–Kier alpha value is -4.40. The van der Waals surface area contributed by atoms with Crippen LogP contribution in [0.4, 0.5) is 0 Å². The van der Waals surface area contributed by atoms with E-state index in [1.54, 1.807) is 91.0 Å². The monoisotopic (exact) mass is 554 g/mol. The van der Waals surface area contributed by atoms with E-state index in [2.05, 4.69) is 0 Å². The van der Waals surface area contributed by atoms with Crippen molar-refractivity contribution >= 4 is 29.7 Å². The van der Waals surface area contributed by atoms with E-state index < -0.39 is 41.7 Å². The molecule has 1 aliphatic rings. The maximum absolute atomic E-state index is 13.2. The largest absolute Gasteiger partial charge is 0.452 e. The Labute approximate surface area is 236 Å². The summed E-state index contributed by atoms with van der Waals surface area (Å²) in [6, 6.07) is 34.9. The molecule has 40 heavy (non-hydrogen) atoms. The fourth-order valence-corrected chi connectivity index (χ4v) is 5.23. The zero-order valence-electron chi connectivity index (χ0n) is 21.3. The van der Waals surface area contributed by atoms with E-state index in [1.807, 2.05) is 30.3 Å². The van der Waals surface area contributed by atoms with Gasteiger partial charge in [-0.25, -0.2) is 14.4 Å². The molecule has 0 aliphatic carbocycles. The highest BCUT2D eigenvalue weighted by atomic mass is 32.2. The van der Waals surface area contributed by atoms with E-state index in [0.29, 0.717) is 16.7 Å². The van der Waals surface area contributed by atoms with Gasteiger partial charge in [0.15, 0.2) is 18.3 Å². The molecule has 1 unspecified atom stereocenters. The predicted octanol–water partition coefficient (Wildman–Crippen LogP) is 5.81. The zero-order valence-corrected chi connectivity index (χ0v) is 22.1. The highest BCUT2D eigenvalue weighted by Gasteiger charge is 2.48. The Bertz CT molecular complexity index is 1420. The van der Waals surface area contributed by atoms with Crippen LogP contribution in [-0.2, 0) is 18.9 Å². The molecule has 0 amide bonds. The Morgan fingerprint density at radius 1 is 0.550 bits per heavy atom. The van der Waals surface area contributed by atoms with Gasteiger partial charge >= 0.3 is 17.9 Å². The fraction of sp³-hybridized carbons (Fsp3) is 0.156. The number of ether oxygens (including phenoxy) is 4. The number of hydrogen-bond acceptors (Lipinski definition) is 8. The third-order valence-corrected chi connectivity index (χ3v) is 7.33. The van der Waals surface area contributed by atoms with Gasteiger partial charge in [0.1, 0.15) is 5.44 Å². The summed E-state index contributed by atoms with van der Waals surface area (Å²) in [6.45, 7) is -0.0742. The molecule has 0 N–H and O–H groups in total. The van der Waals surface area contributed by atoms with Crippen LogP contribution < -0.4 is 0 Å². The van der Waals surface area contributed by atoms with Crippen LogP contribution in [0.2, 0.25) is 0 Å². The van der Waals surface area contributed by atoms with Crippen molar-refractivity contribution in [1.29, 1.82) is 0 Å². The van der Waals surface area contributed by atoms with Gasteiger partial charge in [0.25, 0.3) is 0 Å². The quantitative estimate of drug-likeness (QED) is 0.199. The van der Waals surface area contributed by atoms with Gasteiger partial charge in [0.05, 0.1) is 23.3 Å². The SMILES string of the molecule is O=C(OC1[C@@H](OC(=O)c2ccccc2)[C@@H](OC(=O)c2ccccc2)CO[C@H]1Sc1ccccc1)c1ccccc1. The molecule has 0 saturated carbocycles. The maximum atomic E-state index is 13.2. The van der Waals surface area contributed by atoms with Crippen molar-refractivity contribution in [2.24, 2.45) is 0 Å². The third kappa shape index (κ3) is 6.77. The topological polar surface area (TPSA) is 88.1 Å². The van der Waals surface area contributed by atoms with E-state index >= 15 is 0 Å². The molecule has 202 valence electrons. The summed E-state index contributed by atoms with van der Waals surface area (Å²) in [5.74, 6) is -1.88. The lowest BCUT2D eigenvalue weighted by atomic mass is 10.0. The van der Waals surface area contributed by atoms with Gasteiger partial charge in [0.2, 0.25) is 0 Å². The van der Waals surface area contributed by atoms with E-state index in [0.717, 1.165) is 4.90 Å². The Balaban J connectivity index is 1.48. The fourth-order valence-electron chi connectivity index (χ4n) is 4.16. The number of esters is 3. The molecule has 1 heterocycles. The number of rotatable bonds is 8. The molecule has 0 aromatic heterocycles. The molecule has 7 nitrogen and oxygen atoms in total. The Morgan fingerprint density at radius 3 is 1.43 bits per heavy atom. The molecule has 1 fully saturated rings. The summed E-state index contributed by atoms with van der Waals surface area (Å²) in [7, 11) is 0. The molecule has 1 saturated heterocycles. The lowest BCUT2D eigenvalue weighted by Crippen LogP contribution is -2.56. The average molecular weight is 555 g/mol. The van der Waals surface area contributed by atoms with Crippen LogP contribution in [0.1, 0.15) is 31.1 Å². The van der Waals surface area contributed by atoms with Crippen molar-refractivity contribution in [3.05, 3.63) is 138 Å². The van der Waals surface area contributed by atoms with Gasteiger partial charge in [0, 0.05) is 4.90 Å².